The van der Waals surface area contributed by atoms with Crippen LogP contribution in [0.1, 0.15) is 21.7 Å². The van der Waals surface area contributed by atoms with E-state index in [-0.39, 0.29) is 5.78 Å². The number of rotatable bonds is 4. The van der Waals surface area contributed by atoms with Crippen molar-refractivity contribution in [2.45, 2.75) is 12.8 Å². The SMILES string of the molecule is Nc1[nH]ncc1C(=O)CCc1cccs1. The average molecular weight is 221 g/mol. The second-order valence-electron chi connectivity index (χ2n) is 3.20. The fraction of sp³-hybridized carbons (Fsp3) is 0.200. The minimum Gasteiger partial charge on any atom is -0.383 e. The van der Waals surface area contributed by atoms with Crippen LogP contribution in [0.25, 0.3) is 0 Å². The van der Waals surface area contributed by atoms with Crippen LogP contribution in [-0.2, 0) is 6.42 Å². The van der Waals surface area contributed by atoms with Crippen LogP contribution in [0.5, 0.6) is 0 Å². The first-order valence-electron chi connectivity index (χ1n) is 4.62. The van der Waals surface area contributed by atoms with Crippen molar-refractivity contribution in [1.29, 1.82) is 0 Å². The Morgan fingerprint density at radius 2 is 2.47 bits per heavy atom. The van der Waals surface area contributed by atoms with Crippen LogP contribution < -0.4 is 5.73 Å². The van der Waals surface area contributed by atoms with Gasteiger partial charge in [-0.1, -0.05) is 6.07 Å². The summed E-state index contributed by atoms with van der Waals surface area (Å²) < 4.78 is 0. The number of carbonyl (C=O) groups excluding carboxylic acids is 1. The Balaban J connectivity index is 1.96. The normalized spacial score (nSPS) is 10.4. The number of ketones is 1. The Morgan fingerprint density at radius 3 is 3.07 bits per heavy atom. The fourth-order valence-electron chi connectivity index (χ4n) is 1.34. The fourth-order valence-corrected chi connectivity index (χ4v) is 2.05. The number of anilines is 1. The molecule has 0 aliphatic carbocycles. The Bertz CT molecular complexity index is 447. The predicted molar refractivity (Wildman–Crippen MR) is 60.0 cm³/mol. The molecule has 0 radical (unpaired) electrons. The monoisotopic (exact) mass is 221 g/mol. The number of H-pyrrole nitrogens is 1. The molecular weight excluding hydrogens is 210 g/mol. The molecule has 0 fully saturated rings. The lowest BCUT2D eigenvalue weighted by atomic mass is 10.1. The van der Waals surface area contributed by atoms with Crippen LogP contribution >= 0.6 is 11.3 Å². The summed E-state index contributed by atoms with van der Waals surface area (Å²) in [6, 6.07) is 4.01. The van der Waals surface area contributed by atoms with E-state index in [1.807, 2.05) is 17.5 Å². The molecule has 0 saturated heterocycles. The van der Waals surface area contributed by atoms with Crippen LogP contribution in [0.3, 0.4) is 0 Å². The summed E-state index contributed by atoms with van der Waals surface area (Å²) in [7, 11) is 0. The number of nitrogens with one attached hydrogen (secondary N) is 1. The molecule has 2 heterocycles. The smallest absolute Gasteiger partial charge is 0.168 e. The zero-order valence-electron chi connectivity index (χ0n) is 8.06. The average Bonchev–Trinajstić information content (AvgIpc) is 2.84. The third-order valence-electron chi connectivity index (χ3n) is 2.15. The maximum Gasteiger partial charge on any atom is 0.168 e. The number of carbonyl (C=O) groups is 1. The van der Waals surface area contributed by atoms with E-state index in [1.54, 1.807) is 11.3 Å². The Hall–Kier alpha value is -1.62. The highest BCUT2D eigenvalue weighted by atomic mass is 32.1. The van der Waals surface area contributed by atoms with Gasteiger partial charge in [0, 0.05) is 11.3 Å². The van der Waals surface area contributed by atoms with Crippen LogP contribution in [0.2, 0.25) is 0 Å². The summed E-state index contributed by atoms with van der Waals surface area (Å²) >= 11 is 1.66. The lowest BCUT2D eigenvalue weighted by molar-refractivity contribution is 0.0984. The number of thiophene rings is 1. The molecule has 15 heavy (non-hydrogen) atoms. The van der Waals surface area contributed by atoms with Crippen molar-refractivity contribution in [3.63, 3.8) is 0 Å². The number of hydrogen-bond acceptors (Lipinski definition) is 4. The first kappa shape index (κ1) is 9.92. The van der Waals surface area contributed by atoms with Crippen LogP contribution in [0.4, 0.5) is 5.82 Å². The van der Waals surface area contributed by atoms with E-state index in [9.17, 15) is 4.79 Å². The summed E-state index contributed by atoms with van der Waals surface area (Å²) in [5, 5.41) is 8.28. The van der Waals surface area contributed by atoms with E-state index >= 15 is 0 Å². The van der Waals surface area contributed by atoms with E-state index in [4.69, 9.17) is 5.73 Å². The van der Waals surface area contributed by atoms with Gasteiger partial charge in [-0.25, -0.2) is 0 Å². The van der Waals surface area contributed by atoms with E-state index in [0.717, 1.165) is 6.42 Å². The summed E-state index contributed by atoms with van der Waals surface area (Å²) in [5.41, 5.74) is 6.05. The standard InChI is InChI=1S/C10H11N3OS/c11-10-8(6-12-13-10)9(14)4-3-7-2-1-5-15-7/h1-2,5-6H,3-4H2,(H3,11,12,13). The van der Waals surface area contributed by atoms with Gasteiger partial charge in [-0.3, -0.25) is 9.89 Å². The van der Waals surface area contributed by atoms with Gasteiger partial charge in [0.2, 0.25) is 0 Å². The van der Waals surface area contributed by atoms with Crippen molar-refractivity contribution in [2.24, 2.45) is 0 Å². The summed E-state index contributed by atoms with van der Waals surface area (Å²) in [6.07, 6.45) is 2.72. The molecule has 0 aromatic carbocycles. The minimum absolute atomic E-state index is 0.0367. The zero-order chi connectivity index (χ0) is 10.7. The molecule has 0 bridgehead atoms. The molecule has 0 unspecified atom stereocenters. The molecule has 0 atom stereocenters. The topological polar surface area (TPSA) is 71.8 Å². The number of nitrogen functional groups attached to an aromatic ring is 1. The first-order chi connectivity index (χ1) is 7.27. The van der Waals surface area contributed by atoms with Gasteiger partial charge in [-0.05, 0) is 17.9 Å². The van der Waals surface area contributed by atoms with Crippen molar-refractivity contribution in [3.8, 4) is 0 Å². The van der Waals surface area contributed by atoms with Gasteiger partial charge in [0.1, 0.15) is 5.82 Å². The predicted octanol–water partition coefficient (Wildman–Crippen LogP) is 1.87. The molecule has 5 heteroatoms. The lowest BCUT2D eigenvalue weighted by Gasteiger charge is -1.97. The maximum absolute atomic E-state index is 11.7. The molecule has 4 nitrogen and oxygen atoms in total. The second-order valence-corrected chi connectivity index (χ2v) is 4.23. The zero-order valence-corrected chi connectivity index (χ0v) is 8.88. The number of nitrogens with two attached hydrogens (primary N) is 1. The van der Waals surface area contributed by atoms with Crippen molar-refractivity contribution in [1.82, 2.24) is 10.2 Å². The Morgan fingerprint density at radius 1 is 1.60 bits per heavy atom. The Kier molecular flexibility index (Phi) is 2.82. The molecule has 2 aromatic rings. The molecule has 0 aliphatic rings. The lowest BCUT2D eigenvalue weighted by Crippen LogP contribution is -2.02. The van der Waals surface area contributed by atoms with Crippen molar-refractivity contribution >= 4 is 22.9 Å². The number of nitrogens with zero attached hydrogens (tertiary/aromatic N) is 1. The van der Waals surface area contributed by atoms with Crippen LogP contribution in [0, 0.1) is 0 Å². The number of hydrogen-bond donors (Lipinski definition) is 2. The maximum atomic E-state index is 11.7. The molecule has 0 saturated carbocycles. The summed E-state index contributed by atoms with van der Waals surface area (Å²) in [6.45, 7) is 0. The van der Waals surface area contributed by atoms with Gasteiger partial charge in [0.25, 0.3) is 0 Å². The number of aryl methyl sites for hydroxylation is 1. The molecular formula is C10H11N3OS. The highest BCUT2D eigenvalue weighted by Crippen LogP contribution is 2.15. The molecule has 3 N–H and O–H groups in total. The molecule has 0 spiro atoms. The van der Waals surface area contributed by atoms with Crippen LogP contribution in [-0.4, -0.2) is 16.0 Å². The molecule has 0 amide bonds. The number of aromatic amines is 1. The van der Waals surface area contributed by atoms with Gasteiger partial charge in [0.15, 0.2) is 5.78 Å². The molecule has 0 aliphatic heterocycles. The van der Waals surface area contributed by atoms with Gasteiger partial charge in [0.05, 0.1) is 11.8 Å². The quantitative estimate of drug-likeness (QED) is 0.774. The van der Waals surface area contributed by atoms with Gasteiger partial charge >= 0.3 is 0 Å². The third kappa shape index (κ3) is 2.24. The van der Waals surface area contributed by atoms with Crippen molar-refractivity contribution in [3.05, 3.63) is 34.2 Å². The Labute approximate surface area is 91.1 Å². The molecule has 2 aromatic heterocycles. The minimum atomic E-state index is 0.0367. The van der Waals surface area contributed by atoms with Gasteiger partial charge in [-0.2, -0.15) is 5.10 Å². The van der Waals surface area contributed by atoms with Crippen LogP contribution in [0.15, 0.2) is 23.7 Å². The van der Waals surface area contributed by atoms with Gasteiger partial charge in [-0.15, -0.1) is 11.3 Å². The van der Waals surface area contributed by atoms with Gasteiger partial charge < -0.3 is 5.73 Å². The van der Waals surface area contributed by atoms with Crippen molar-refractivity contribution < 1.29 is 4.79 Å². The first-order valence-corrected chi connectivity index (χ1v) is 5.50. The molecule has 78 valence electrons. The number of aromatic nitrogens is 2. The van der Waals surface area contributed by atoms with E-state index in [1.165, 1.54) is 11.1 Å². The van der Waals surface area contributed by atoms with Crippen molar-refractivity contribution in [2.75, 3.05) is 5.73 Å². The largest absolute Gasteiger partial charge is 0.383 e. The summed E-state index contributed by atoms with van der Waals surface area (Å²) in [4.78, 5) is 12.9. The highest BCUT2D eigenvalue weighted by molar-refractivity contribution is 7.09. The third-order valence-corrected chi connectivity index (χ3v) is 3.08. The van der Waals surface area contributed by atoms with E-state index in [0.29, 0.717) is 17.8 Å². The number of Topliss-reactive ketones (excluding diaryl/α,β-unsaturated/α-hetero) is 1. The summed E-state index contributed by atoms with van der Waals surface area (Å²) in [5.74, 6) is 0.390. The second kappa shape index (κ2) is 4.27. The highest BCUT2D eigenvalue weighted by Gasteiger charge is 2.11. The molecule has 2 rings (SSSR count). The van der Waals surface area contributed by atoms with E-state index < -0.39 is 0 Å². The van der Waals surface area contributed by atoms with E-state index in [2.05, 4.69) is 10.2 Å².